The highest BCUT2D eigenvalue weighted by molar-refractivity contribution is 5.92. The molecule has 1 amide bonds. The summed E-state index contributed by atoms with van der Waals surface area (Å²) >= 11 is 0. The molecule has 0 bridgehead atoms. The van der Waals surface area contributed by atoms with Crippen LogP contribution in [0.5, 0.6) is 11.6 Å². The van der Waals surface area contributed by atoms with E-state index in [0.29, 0.717) is 22.8 Å². The van der Waals surface area contributed by atoms with Crippen LogP contribution in [0, 0.1) is 5.41 Å². The van der Waals surface area contributed by atoms with Gasteiger partial charge in [0.25, 0.3) is 0 Å². The Hall–Kier alpha value is -2.40. The highest BCUT2D eigenvalue weighted by Crippen LogP contribution is 2.38. The SMILES string of the molecule is CN(CCC(C)(C)C)CC1CCCc2c(Oc3ccc(C(N)=O)cn3)cccc21. The Bertz CT molecular complexity index is 840. The fourth-order valence-corrected chi connectivity index (χ4v) is 3.89. The van der Waals surface area contributed by atoms with E-state index in [9.17, 15) is 4.79 Å². The van der Waals surface area contributed by atoms with Crippen molar-refractivity contribution >= 4 is 5.91 Å². The lowest BCUT2D eigenvalue weighted by atomic mass is 9.82. The first-order valence-corrected chi connectivity index (χ1v) is 10.5. The molecule has 0 radical (unpaired) electrons. The molecule has 1 aromatic heterocycles. The molecule has 0 aliphatic heterocycles. The third kappa shape index (κ3) is 5.80. The number of ether oxygens (including phenoxy) is 1. The average molecular weight is 396 g/mol. The summed E-state index contributed by atoms with van der Waals surface area (Å²) < 4.78 is 6.08. The van der Waals surface area contributed by atoms with Gasteiger partial charge in [-0.1, -0.05) is 32.9 Å². The first-order valence-electron chi connectivity index (χ1n) is 10.5. The van der Waals surface area contributed by atoms with Gasteiger partial charge < -0.3 is 15.4 Å². The molecule has 0 fully saturated rings. The zero-order valence-corrected chi connectivity index (χ0v) is 18.1. The number of aromatic nitrogens is 1. The number of fused-ring (bicyclic) bond motifs is 1. The number of rotatable bonds is 7. The van der Waals surface area contributed by atoms with Crippen molar-refractivity contribution in [1.29, 1.82) is 0 Å². The number of carbonyl (C=O) groups excluding carboxylic acids is 1. The standard InChI is InChI=1S/C24H33N3O2/c1-24(2,3)13-14-27(4)16-18-7-5-9-20-19(18)8-6-10-21(20)29-22-12-11-17(15-26-22)23(25)28/h6,8,10-12,15,18H,5,7,9,13-14,16H2,1-4H3,(H2,25,28). The van der Waals surface area contributed by atoms with Gasteiger partial charge in [-0.25, -0.2) is 4.98 Å². The van der Waals surface area contributed by atoms with E-state index in [2.05, 4.69) is 49.8 Å². The minimum absolute atomic E-state index is 0.358. The van der Waals surface area contributed by atoms with E-state index in [-0.39, 0.29) is 0 Å². The van der Waals surface area contributed by atoms with Crippen molar-refractivity contribution in [2.45, 2.75) is 52.4 Å². The van der Waals surface area contributed by atoms with Crippen LogP contribution in [0.4, 0.5) is 0 Å². The molecule has 1 atom stereocenters. The molecule has 0 saturated heterocycles. The number of benzene rings is 1. The van der Waals surface area contributed by atoms with Gasteiger partial charge in [0.2, 0.25) is 11.8 Å². The Kier molecular flexibility index (Phi) is 6.58. The van der Waals surface area contributed by atoms with E-state index in [1.165, 1.54) is 36.6 Å². The lowest BCUT2D eigenvalue weighted by Gasteiger charge is -2.31. The predicted octanol–water partition coefficient (Wildman–Crippen LogP) is 4.76. The Balaban J connectivity index is 1.73. The van der Waals surface area contributed by atoms with Crippen molar-refractivity contribution in [1.82, 2.24) is 9.88 Å². The number of hydrogen-bond donors (Lipinski definition) is 1. The normalized spacial score (nSPS) is 16.5. The van der Waals surface area contributed by atoms with Crippen molar-refractivity contribution in [3.8, 4) is 11.6 Å². The van der Waals surface area contributed by atoms with Crippen LogP contribution in [0.3, 0.4) is 0 Å². The minimum atomic E-state index is -0.487. The van der Waals surface area contributed by atoms with E-state index in [0.717, 1.165) is 25.3 Å². The van der Waals surface area contributed by atoms with Crippen LogP contribution < -0.4 is 10.5 Å². The van der Waals surface area contributed by atoms with Gasteiger partial charge in [-0.3, -0.25) is 4.79 Å². The zero-order valence-electron chi connectivity index (χ0n) is 18.1. The van der Waals surface area contributed by atoms with Crippen LogP contribution in [0.1, 0.15) is 67.4 Å². The van der Waals surface area contributed by atoms with Gasteiger partial charge in [-0.05, 0) is 73.9 Å². The molecule has 2 N–H and O–H groups in total. The van der Waals surface area contributed by atoms with Crippen LogP contribution in [-0.4, -0.2) is 35.9 Å². The summed E-state index contributed by atoms with van der Waals surface area (Å²) in [5.41, 5.74) is 8.70. The molecule has 1 aromatic carbocycles. The maximum atomic E-state index is 11.2. The number of pyridine rings is 1. The number of likely N-dealkylation sites (N-methyl/N-ethyl adjacent to an activating group) is 1. The summed E-state index contributed by atoms with van der Waals surface area (Å²) in [6, 6.07) is 9.66. The zero-order chi connectivity index (χ0) is 21.0. The summed E-state index contributed by atoms with van der Waals surface area (Å²) in [5.74, 6) is 1.38. The Morgan fingerprint density at radius 2 is 2.07 bits per heavy atom. The first kappa shape index (κ1) is 21.3. The number of amides is 1. The highest BCUT2D eigenvalue weighted by Gasteiger charge is 2.24. The van der Waals surface area contributed by atoms with E-state index in [1.807, 2.05) is 6.07 Å². The predicted molar refractivity (Wildman–Crippen MR) is 117 cm³/mol. The van der Waals surface area contributed by atoms with Gasteiger partial charge >= 0.3 is 0 Å². The van der Waals surface area contributed by atoms with Crippen LogP contribution in [0.15, 0.2) is 36.5 Å². The molecule has 1 unspecified atom stereocenters. The minimum Gasteiger partial charge on any atom is -0.439 e. The molecule has 1 heterocycles. The second-order valence-electron chi connectivity index (χ2n) is 9.34. The van der Waals surface area contributed by atoms with Crippen LogP contribution in [0.2, 0.25) is 0 Å². The van der Waals surface area contributed by atoms with Crippen molar-refractivity contribution < 1.29 is 9.53 Å². The Morgan fingerprint density at radius 3 is 2.72 bits per heavy atom. The second-order valence-corrected chi connectivity index (χ2v) is 9.34. The Labute approximate surface area is 174 Å². The van der Waals surface area contributed by atoms with Crippen molar-refractivity contribution in [2.24, 2.45) is 11.1 Å². The molecule has 3 rings (SSSR count). The molecule has 0 spiro atoms. The molecular formula is C24H33N3O2. The topological polar surface area (TPSA) is 68.5 Å². The van der Waals surface area contributed by atoms with Crippen molar-refractivity contribution in [3.63, 3.8) is 0 Å². The van der Waals surface area contributed by atoms with Gasteiger partial charge in [0, 0.05) is 18.8 Å². The first-order chi connectivity index (χ1) is 13.7. The molecule has 156 valence electrons. The van der Waals surface area contributed by atoms with Gasteiger partial charge in [0.1, 0.15) is 5.75 Å². The molecular weight excluding hydrogens is 362 g/mol. The third-order valence-corrected chi connectivity index (χ3v) is 5.60. The van der Waals surface area contributed by atoms with Crippen molar-refractivity contribution in [2.75, 3.05) is 20.1 Å². The number of nitrogens with two attached hydrogens (primary N) is 1. The summed E-state index contributed by atoms with van der Waals surface area (Å²) in [4.78, 5) is 17.9. The Morgan fingerprint density at radius 1 is 1.28 bits per heavy atom. The maximum Gasteiger partial charge on any atom is 0.250 e. The van der Waals surface area contributed by atoms with Gasteiger partial charge in [0.15, 0.2) is 0 Å². The second kappa shape index (κ2) is 8.95. The largest absolute Gasteiger partial charge is 0.439 e. The van der Waals surface area contributed by atoms with Gasteiger partial charge in [-0.2, -0.15) is 0 Å². The van der Waals surface area contributed by atoms with E-state index >= 15 is 0 Å². The smallest absolute Gasteiger partial charge is 0.250 e. The molecule has 2 aromatic rings. The van der Waals surface area contributed by atoms with E-state index in [1.54, 1.807) is 12.1 Å². The number of primary amides is 1. The van der Waals surface area contributed by atoms with Gasteiger partial charge in [0.05, 0.1) is 5.56 Å². The number of hydrogen-bond acceptors (Lipinski definition) is 4. The molecule has 1 aliphatic rings. The molecule has 5 nitrogen and oxygen atoms in total. The fourth-order valence-electron chi connectivity index (χ4n) is 3.89. The summed E-state index contributed by atoms with van der Waals surface area (Å²) in [7, 11) is 2.23. The molecule has 29 heavy (non-hydrogen) atoms. The third-order valence-electron chi connectivity index (χ3n) is 5.60. The van der Waals surface area contributed by atoms with E-state index < -0.39 is 5.91 Å². The monoisotopic (exact) mass is 395 g/mol. The summed E-state index contributed by atoms with van der Waals surface area (Å²) in [6.07, 6.45) is 6.05. The van der Waals surface area contributed by atoms with Crippen molar-refractivity contribution in [3.05, 3.63) is 53.2 Å². The summed E-state index contributed by atoms with van der Waals surface area (Å²) in [6.45, 7) is 9.07. The fraction of sp³-hybridized carbons (Fsp3) is 0.500. The maximum absolute atomic E-state index is 11.2. The lowest BCUT2D eigenvalue weighted by Crippen LogP contribution is -2.29. The summed E-state index contributed by atoms with van der Waals surface area (Å²) in [5, 5.41) is 0. The van der Waals surface area contributed by atoms with Gasteiger partial charge in [-0.15, -0.1) is 0 Å². The molecule has 5 heteroatoms. The molecule has 0 saturated carbocycles. The number of carbonyl (C=O) groups is 1. The average Bonchev–Trinajstić information content (AvgIpc) is 2.67. The quantitative estimate of drug-likeness (QED) is 0.734. The number of nitrogens with zero attached hydrogens (tertiary/aromatic N) is 2. The van der Waals surface area contributed by atoms with Crippen LogP contribution >= 0.6 is 0 Å². The van der Waals surface area contributed by atoms with Crippen LogP contribution in [-0.2, 0) is 6.42 Å². The molecule has 1 aliphatic carbocycles. The lowest BCUT2D eigenvalue weighted by molar-refractivity contribution is 0.1000. The van der Waals surface area contributed by atoms with Crippen LogP contribution in [0.25, 0.3) is 0 Å². The highest BCUT2D eigenvalue weighted by atomic mass is 16.5. The van der Waals surface area contributed by atoms with E-state index in [4.69, 9.17) is 10.5 Å².